The zero-order valence-electron chi connectivity index (χ0n) is 19.7. The summed E-state index contributed by atoms with van der Waals surface area (Å²) < 4.78 is 10.8. The average Bonchev–Trinajstić information content (AvgIpc) is 3.38. The molecule has 2 atom stereocenters. The number of fused-ring (bicyclic) bond motifs is 1. The van der Waals surface area contributed by atoms with Crippen molar-refractivity contribution in [1.82, 2.24) is 14.9 Å². The van der Waals surface area contributed by atoms with Gasteiger partial charge < -0.3 is 25.0 Å². The lowest BCUT2D eigenvalue weighted by Gasteiger charge is -2.36. The van der Waals surface area contributed by atoms with E-state index >= 15 is 0 Å². The molecule has 1 amide bonds. The monoisotopic (exact) mass is 461 g/mol. The molecule has 0 bridgehead atoms. The molecule has 0 radical (unpaired) electrons. The highest BCUT2D eigenvalue weighted by atomic mass is 16.5. The number of piperazine rings is 1. The van der Waals surface area contributed by atoms with Gasteiger partial charge in [-0.1, -0.05) is 30.3 Å². The van der Waals surface area contributed by atoms with E-state index in [1.165, 1.54) is 5.56 Å². The Morgan fingerprint density at radius 1 is 0.971 bits per heavy atom. The molecule has 3 aromatic rings. The fourth-order valence-corrected chi connectivity index (χ4v) is 5.23. The number of carbonyl (C=O) groups is 1. The van der Waals surface area contributed by atoms with Crippen molar-refractivity contribution in [3.63, 3.8) is 0 Å². The van der Waals surface area contributed by atoms with Gasteiger partial charge in [0, 0.05) is 43.5 Å². The van der Waals surface area contributed by atoms with Crippen LogP contribution < -0.4 is 20.1 Å². The number of amides is 1. The number of carbonyl (C=O) groups excluding carboxylic acids is 1. The highest BCUT2D eigenvalue weighted by molar-refractivity contribution is 5.91. The highest BCUT2D eigenvalue weighted by Gasteiger charge is 2.34. The summed E-state index contributed by atoms with van der Waals surface area (Å²) in [4.78, 5) is 26.6. The van der Waals surface area contributed by atoms with Gasteiger partial charge in [-0.3, -0.25) is 4.79 Å². The van der Waals surface area contributed by atoms with Gasteiger partial charge in [0.25, 0.3) is 0 Å². The molecule has 8 nitrogen and oxygen atoms in total. The zero-order chi connectivity index (χ0) is 23.7. The number of methoxy groups -OCH3 is 2. The van der Waals surface area contributed by atoms with E-state index < -0.39 is 0 Å². The van der Waals surface area contributed by atoms with Gasteiger partial charge in [-0.15, -0.1) is 0 Å². The molecule has 178 valence electrons. The van der Waals surface area contributed by atoms with E-state index in [4.69, 9.17) is 20.2 Å². The van der Waals surface area contributed by atoms with E-state index in [0.29, 0.717) is 60.9 Å². The molecule has 1 aliphatic carbocycles. The minimum absolute atomic E-state index is 0.117. The molecule has 1 saturated heterocycles. The van der Waals surface area contributed by atoms with Gasteiger partial charge in [0.05, 0.1) is 19.7 Å². The van der Waals surface area contributed by atoms with Gasteiger partial charge in [-0.2, -0.15) is 4.98 Å². The van der Waals surface area contributed by atoms with Gasteiger partial charge >= 0.3 is 0 Å². The third-order valence-electron chi connectivity index (χ3n) is 7.15. The van der Waals surface area contributed by atoms with Crippen LogP contribution in [0.2, 0.25) is 0 Å². The third-order valence-corrected chi connectivity index (χ3v) is 7.15. The number of nitrogen functional groups attached to an aromatic ring is 1. The topological polar surface area (TPSA) is 93.8 Å². The molecule has 2 unspecified atom stereocenters. The Bertz CT molecular complexity index is 1180. The van der Waals surface area contributed by atoms with E-state index in [1.807, 2.05) is 17.0 Å². The van der Waals surface area contributed by atoms with Crippen LogP contribution in [0.5, 0.6) is 11.5 Å². The van der Waals surface area contributed by atoms with E-state index in [-0.39, 0.29) is 11.8 Å². The van der Waals surface area contributed by atoms with Crippen molar-refractivity contribution in [3.8, 4) is 11.5 Å². The van der Waals surface area contributed by atoms with Gasteiger partial charge in [0.15, 0.2) is 11.5 Å². The lowest BCUT2D eigenvalue weighted by Crippen LogP contribution is -2.50. The fraction of sp³-hybridized carbons (Fsp3) is 0.423. The summed E-state index contributed by atoms with van der Waals surface area (Å²) in [6.07, 6.45) is 2.99. The van der Waals surface area contributed by atoms with Crippen LogP contribution in [0.3, 0.4) is 0 Å². The SMILES string of the molecule is COc1cc2nc(N3CCN(C(=O)C4CCC(c5ccccc5)C4)CC3)nc(N)c2cc1OC. The first kappa shape index (κ1) is 22.3. The maximum absolute atomic E-state index is 13.2. The maximum atomic E-state index is 13.2. The van der Waals surface area contributed by atoms with Gasteiger partial charge in [0.2, 0.25) is 11.9 Å². The minimum atomic E-state index is 0.117. The van der Waals surface area contributed by atoms with Crippen molar-refractivity contribution >= 4 is 28.6 Å². The van der Waals surface area contributed by atoms with Crippen LogP contribution in [0.25, 0.3) is 10.9 Å². The standard InChI is InChI=1S/C26H31N5O3/c1-33-22-15-20-21(16-23(22)34-2)28-26(29-24(20)27)31-12-10-30(11-13-31)25(32)19-9-8-18(14-19)17-6-4-3-5-7-17/h3-7,15-16,18-19H,8-14H2,1-2H3,(H2,27,28,29). The summed E-state index contributed by atoms with van der Waals surface area (Å²) in [6, 6.07) is 14.2. The fourth-order valence-electron chi connectivity index (χ4n) is 5.23. The molecule has 2 N–H and O–H groups in total. The second-order valence-electron chi connectivity index (χ2n) is 9.06. The van der Waals surface area contributed by atoms with E-state index in [0.717, 1.165) is 24.6 Å². The lowest BCUT2D eigenvalue weighted by atomic mass is 9.96. The summed E-state index contributed by atoms with van der Waals surface area (Å²) in [5.74, 6) is 3.06. The second-order valence-corrected chi connectivity index (χ2v) is 9.06. The number of hydrogen-bond donors (Lipinski definition) is 1. The molecule has 0 spiro atoms. The summed E-state index contributed by atoms with van der Waals surface area (Å²) in [5, 5.41) is 0.726. The summed E-state index contributed by atoms with van der Waals surface area (Å²) >= 11 is 0. The van der Waals surface area contributed by atoms with E-state index in [1.54, 1.807) is 20.3 Å². The molecule has 34 heavy (non-hydrogen) atoms. The molecule has 2 heterocycles. The van der Waals surface area contributed by atoms with Gasteiger partial charge in [0.1, 0.15) is 5.82 Å². The molecular weight excluding hydrogens is 430 g/mol. The van der Waals surface area contributed by atoms with Crippen molar-refractivity contribution < 1.29 is 14.3 Å². The third kappa shape index (κ3) is 4.20. The first-order valence-corrected chi connectivity index (χ1v) is 11.8. The Hall–Kier alpha value is -3.55. The molecule has 1 aliphatic heterocycles. The van der Waals surface area contributed by atoms with Crippen LogP contribution in [0.15, 0.2) is 42.5 Å². The molecule has 5 rings (SSSR count). The smallest absolute Gasteiger partial charge is 0.228 e. The number of nitrogens with two attached hydrogens (primary N) is 1. The molecule has 2 aromatic carbocycles. The minimum Gasteiger partial charge on any atom is -0.493 e. The molecule has 1 saturated carbocycles. The number of rotatable bonds is 5. The Balaban J connectivity index is 1.25. The number of nitrogens with zero attached hydrogens (tertiary/aromatic N) is 4. The molecule has 2 aliphatic rings. The maximum Gasteiger partial charge on any atom is 0.228 e. The van der Waals surface area contributed by atoms with Crippen molar-refractivity contribution in [2.45, 2.75) is 25.2 Å². The molecule has 1 aromatic heterocycles. The summed E-state index contributed by atoms with van der Waals surface area (Å²) in [6.45, 7) is 2.69. The Morgan fingerprint density at radius 2 is 1.68 bits per heavy atom. The van der Waals surface area contributed by atoms with Crippen LogP contribution in [-0.4, -0.2) is 61.2 Å². The van der Waals surface area contributed by atoms with Crippen molar-refractivity contribution in [3.05, 3.63) is 48.0 Å². The summed E-state index contributed by atoms with van der Waals surface area (Å²) in [7, 11) is 3.18. The van der Waals surface area contributed by atoms with Crippen molar-refractivity contribution in [2.75, 3.05) is 51.0 Å². The van der Waals surface area contributed by atoms with Gasteiger partial charge in [-0.05, 0) is 36.8 Å². The van der Waals surface area contributed by atoms with Crippen LogP contribution in [-0.2, 0) is 4.79 Å². The first-order valence-electron chi connectivity index (χ1n) is 11.8. The summed E-state index contributed by atoms with van der Waals surface area (Å²) in [5.41, 5.74) is 8.31. The average molecular weight is 462 g/mol. The van der Waals surface area contributed by atoms with E-state index in [9.17, 15) is 4.79 Å². The normalized spacial score (nSPS) is 20.5. The largest absolute Gasteiger partial charge is 0.493 e. The second kappa shape index (κ2) is 9.37. The highest BCUT2D eigenvalue weighted by Crippen LogP contribution is 2.39. The van der Waals surface area contributed by atoms with Crippen LogP contribution in [0.1, 0.15) is 30.7 Å². The van der Waals surface area contributed by atoms with E-state index in [2.05, 4.69) is 34.1 Å². The zero-order valence-corrected chi connectivity index (χ0v) is 19.7. The quantitative estimate of drug-likeness (QED) is 0.622. The molecule has 8 heteroatoms. The number of benzene rings is 2. The Morgan fingerprint density at radius 3 is 2.38 bits per heavy atom. The van der Waals surface area contributed by atoms with Crippen LogP contribution in [0.4, 0.5) is 11.8 Å². The predicted octanol–water partition coefficient (Wildman–Crippen LogP) is 3.46. The molecule has 2 fully saturated rings. The number of aromatic nitrogens is 2. The Labute approximate surface area is 199 Å². The Kier molecular flexibility index (Phi) is 6.13. The predicted molar refractivity (Wildman–Crippen MR) is 132 cm³/mol. The van der Waals surface area contributed by atoms with Gasteiger partial charge in [-0.25, -0.2) is 4.98 Å². The number of hydrogen-bond acceptors (Lipinski definition) is 7. The van der Waals surface area contributed by atoms with Crippen molar-refractivity contribution in [2.24, 2.45) is 5.92 Å². The number of ether oxygens (including phenoxy) is 2. The van der Waals surface area contributed by atoms with Crippen LogP contribution >= 0.6 is 0 Å². The van der Waals surface area contributed by atoms with Crippen molar-refractivity contribution in [1.29, 1.82) is 0 Å². The first-order chi connectivity index (χ1) is 16.6. The lowest BCUT2D eigenvalue weighted by molar-refractivity contribution is -0.135. The molecular formula is C26H31N5O3. The number of anilines is 2. The van der Waals surface area contributed by atoms with Crippen LogP contribution in [0, 0.1) is 5.92 Å².